The summed E-state index contributed by atoms with van der Waals surface area (Å²) in [5, 5.41) is 11.5. The number of carbonyl (C=O) groups excluding carboxylic acids is 2. The molecule has 3 aliphatic rings. The number of benzene rings is 1. The lowest BCUT2D eigenvalue weighted by molar-refractivity contribution is -0.314. The van der Waals surface area contributed by atoms with E-state index < -0.39 is 11.9 Å². The monoisotopic (exact) mass is 327 g/mol. The van der Waals surface area contributed by atoms with Crippen LogP contribution in [0.4, 0.5) is 5.69 Å². The Balaban J connectivity index is 1.42. The SMILES string of the molecule is O=C([O-])[C@H]1[C@H]2CC[C@H](C2)[C@@H]1C(=O)N1CCN(c2ccccc2)CC1. The maximum Gasteiger partial charge on any atom is 0.226 e. The first-order valence-corrected chi connectivity index (χ1v) is 8.95. The number of carboxylic acids is 1. The van der Waals surface area contributed by atoms with Crippen LogP contribution in [0.25, 0.3) is 0 Å². The van der Waals surface area contributed by atoms with Gasteiger partial charge in [-0.25, -0.2) is 0 Å². The third-order valence-corrected chi connectivity index (χ3v) is 6.19. The van der Waals surface area contributed by atoms with Crippen LogP contribution in [-0.2, 0) is 9.59 Å². The molecule has 0 unspecified atom stereocenters. The minimum absolute atomic E-state index is 0.0455. The maximum absolute atomic E-state index is 13.0. The van der Waals surface area contributed by atoms with Gasteiger partial charge in [0.05, 0.1) is 0 Å². The Morgan fingerprint density at radius 2 is 1.54 bits per heavy atom. The molecule has 5 nitrogen and oxygen atoms in total. The summed E-state index contributed by atoms with van der Waals surface area (Å²) in [6.07, 6.45) is 2.82. The molecule has 24 heavy (non-hydrogen) atoms. The van der Waals surface area contributed by atoms with Crippen LogP contribution in [0.2, 0.25) is 0 Å². The molecule has 2 bridgehead atoms. The van der Waals surface area contributed by atoms with Crippen molar-refractivity contribution in [1.29, 1.82) is 0 Å². The number of para-hydroxylation sites is 1. The van der Waals surface area contributed by atoms with Crippen molar-refractivity contribution in [2.45, 2.75) is 19.3 Å². The van der Waals surface area contributed by atoms with Crippen molar-refractivity contribution in [1.82, 2.24) is 4.90 Å². The molecule has 2 aliphatic carbocycles. The standard InChI is InChI=1S/C19H24N2O3/c22-18(16-13-6-7-14(12-13)17(16)19(23)24)21-10-8-20(9-11-21)15-4-2-1-3-5-15/h1-5,13-14,16-17H,6-12H2,(H,23,24)/p-1/t13-,14+,16+,17+/m1/s1. The van der Waals surface area contributed by atoms with Gasteiger partial charge in [0, 0.05) is 49.7 Å². The zero-order valence-electron chi connectivity index (χ0n) is 13.8. The van der Waals surface area contributed by atoms with Crippen LogP contribution in [0.1, 0.15) is 19.3 Å². The number of piperazine rings is 1. The molecule has 1 aliphatic heterocycles. The number of rotatable bonds is 3. The lowest BCUT2D eigenvalue weighted by Gasteiger charge is -2.40. The van der Waals surface area contributed by atoms with E-state index in [4.69, 9.17) is 0 Å². The molecule has 1 saturated heterocycles. The van der Waals surface area contributed by atoms with Gasteiger partial charge in [-0.1, -0.05) is 18.2 Å². The predicted molar refractivity (Wildman–Crippen MR) is 88.1 cm³/mol. The van der Waals surface area contributed by atoms with Gasteiger partial charge in [0.1, 0.15) is 0 Å². The first-order chi connectivity index (χ1) is 11.6. The Morgan fingerprint density at radius 3 is 2.17 bits per heavy atom. The third-order valence-electron chi connectivity index (χ3n) is 6.19. The molecular formula is C19H23N2O3-. The van der Waals surface area contributed by atoms with E-state index in [0.717, 1.165) is 32.4 Å². The molecule has 0 spiro atoms. The van der Waals surface area contributed by atoms with Gasteiger partial charge in [-0.3, -0.25) is 4.79 Å². The van der Waals surface area contributed by atoms with Crippen LogP contribution in [0.3, 0.4) is 0 Å². The van der Waals surface area contributed by atoms with Gasteiger partial charge in [0.2, 0.25) is 5.91 Å². The minimum atomic E-state index is -1.02. The highest BCUT2D eigenvalue weighted by Gasteiger charge is 2.52. The van der Waals surface area contributed by atoms with Crippen molar-refractivity contribution in [3.8, 4) is 0 Å². The summed E-state index contributed by atoms with van der Waals surface area (Å²) in [6.45, 7) is 2.93. The summed E-state index contributed by atoms with van der Waals surface area (Å²) in [4.78, 5) is 28.7. The summed E-state index contributed by atoms with van der Waals surface area (Å²) >= 11 is 0. The largest absolute Gasteiger partial charge is 0.550 e. The van der Waals surface area contributed by atoms with Crippen molar-refractivity contribution in [3.63, 3.8) is 0 Å². The molecule has 2 saturated carbocycles. The number of nitrogens with zero attached hydrogens (tertiary/aromatic N) is 2. The fourth-order valence-electron chi connectivity index (χ4n) is 5.02. The van der Waals surface area contributed by atoms with E-state index in [1.807, 2.05) is 23.1 Å². The Bertz CT molecular complexity index is 625. The zero-order valence-corrected chi connectivity index (χ0v) is 13.8. The van der Waals surface area contributed by atoms with Crippen molar-refractivity contribution in [3.05, 3.63) is 30.3 Å². The second-order valence-corrected chi connectivity index (χ2v) is 7.35. The summed E-state index contributed by atoms with van der Waals surface area (Å²) in [5.41, 5.74) is 1.18. The lowest BCUT2D eigenvalue weighted by Crippen LogP contribution is -2.53. The van der Waals surface area contributed by atoms with E-state index in [0.29, 0.717) is 13.1 Å². The van der Waals surface area contributed by atoms with Crippen LogP contribution >= 0.6 is 0 Å². The molecule has 4 atom stereocenters. The number of aliphatic carboxylic acids is 1. The number of anilines is 1. The van der Waals surface area contributed by atoms with Gasteiger partial charge in [-0.15, -0.1) is 0 Å². The quantitative estimate of drug-likeness (QED) is 0.822. The van der Waals surface area contributed by atoms with E-state index >= 15 is 0 Å². The van der Waals surface area contributed by atoms with Gasteiger partial charge in [0.15, 0.2) is 0 Å². The average Bonchev–Trinajstić information content (AvgIpc) is 3.23. The predicted octanol–water partition coefficient (Wildman–Crippen LogP) is 0.747. The Hall–Kier alpha value is -2.04. The summed E-state index contributed by atoms with van der Waals surface area (Å²) in [5.74, 6) is -1.50. The molecule has 4 rings (SSSR count). The topological polar surface area (TPSA) is 63.7 Å². The van der Waals surface area contributed by atoms with E-state index in [-0.39, 0.29) is 23.7 Å². The van der Waals surface area contributed by atoms with Gasteiger partial charge >= 0.3 is 0 Å². The van der Waals surface area contributed by atoms with Crippen LogP contribution in [0, 0.1) is 23.7 Å². The first kappa shape index (κ1) is 15.5. The molecule has 5 heteroatoms. The van der Waals surface area contributed by atoms with Gasteiger partial charge < -0.3 is 19.7 Å². The van der Waals surface area contributed by atoms with Crippen LogP contribution in [0.5, 0.6) is 0 Å². The van der Waals surface area contributed by atoms with Gasteiger partial charge in [-0.05, 0) is 43.2 Å². The fourth-order valence-corrected chi connectivity index (χ4v) is 5.02. The summed E-state index contributed by atoms with van der Waals surface area (Å²) in [6, 6.07) is 10.2. The maximum atomic E-state index is 13.0. The normalized spacial score (nSPS) is 32.2. The molecule has 1 heterocycles. The molecule has 0 aromatic heterocycles. The number of hydrogen-bond donors (Lipinski definition) is 0. The van der Waals surface area contributed by atoms with E-state index in [9.17, 15) is 14.7 Å². The number of carboxylic acid groups (broad SMARTS) is 1. The van der Waals surface area contributed by atoms with Gasteiger partial charge in [0.25, 0.3) is 0 Å². The fraction of sp³-hybridized carbons (Fsp3) is 0.579. The van der Waals surface area contributed by atoms with Crippen molar-refractivity contribution >= 4 is 17.6 Å². The molecule has 1 amide bonds. The number of amides is 1. The number of hydrogen-bond acceptors (Lipinski definition) is 4. The van der Waals surface area contributed by atoms with Crippen molar-refractivity contribution in [2.75, 3.05) is 31.1 Å². The van der Waals surface area contributed by atoms with Gasteiger partial charge in [-0.2, -0.15) is 0 Å². The second-order valence-electron chi connectivity index (χ2n) is 7.35. The van der Waals surface area contributed by atoms with Crippen LogP contribution < -0.4 is 10.0 Å². The average molecular weight is 327 g/mol. The van der Waals surface area contributed by atoms with E-state index in [1.54, 1.807) is 0 Å². The molecule has 128 valence electrons. The highest BCUT2D eigenvalue weighted by atomic mass is 16.4. The molecule has 0 N–H and O–H groups in total. The number of carbonyl (C=O) groups is 2. The zero-order chi connectivity index (χ0) is 16.7. The Labute approximate surface area is 142 Å². The van der Waals surface area contributed by atoms with E-state index in [2.05, 4.69) is 17.0 Å². The Morgan fingerprint density at radius 1 is 0.917 bits per heavy atom. The molecule has 1 aromatic rings. The molecular weight excluding hydrogens is 304 g/mol. The smallest absolute Gasteiger partial charge is 0.226 e. The summed E-state index contributed by atoms with van der Waals surface area (Å²) < 4.78 is 0. The lowest BCUT2D eigenvalue weighted by atomic mass is 9.78. The van der Waals surface area contributed by atoms with Crippen LogP contribution in [-0.4, -0.2) is 43.0 Å². The Kier molecular flexibility index (Phi) is 3.94. The first-order valence-electron chi connectivity index (χ1n) is 8.95. The highest BCUT2D eigenvalue weighted by Crippen LogP contribution is 2.52. The molecule has 0 radical (unpaired) electrons. The summed E-state index contributed by atoms with van der Waals surface area (Å²) in [7, 11) is 0. The van der Waals surface area contributed by atoms with Crippen molar-refractivity contribution in [2.24, 2.45) is 23.7 Å². The van der Waals surface area contributed by atoms with Crippen LogP contribution in [0.15, 0.2) is 30.3 Å². The molecule has 1 aromatic carbocycles. The third kappa shape index (κ3) is 2.56. The number of fused-ring (bicyclic) bond motifs is 2. The highest BCUT2D eigenvalue weighted by molar-refractivity contribution is 5.86. The minimum Gasteiger partial charge on any atom is -0.550 e. The second kappa shape index (κ2) is 6.11. The van der Waals surface area contributed by atoms with E-state index in [1.165, 1.54) is 5.69 Å². The molecule has 3 fully saturated rings. The van der Waals surface area contributed by atoms with Crippen molar-refractivity contribution < 1.29 is 14.7 Å².